The van der Waals surface area contributed by atoms with Gasteiger partial charge in [0, 0.05) is 21.5 Å². The second-order valence-corrected chi connectivity index (χ2v) is 8.39. The zero-order chi connectivity index (χ0) is 21.8. The summed E-state index contributed by atoms with van der Waals surface area (Å²) in [6.45, 7) is -0.167. The standard InChI is InChI=1S/C24H18BrClN2O3/c25-19-3-1-2-18(12-19)22-13-23(17-6-8-20(26)9-7-17)28(27-22)24(30)15-31-21-10-4-16(14-29)5-11-21/h1-12,14,23H,13,15H2. The normalized spacial score (nSPS) is 15.5. The number of aldehydes is 1. The maximum atomic E-state index is 13.0. The Morgan fingerprint density at radius 3 is 2.55 bits per heavy atom. The van der Waals surface area contributed by atoms with Crippen molar-refractivity contribution in [3.63, 3.8) is 0 Å². The van der Waals surface area contributed by atoms with Gasteiger partial charge in [-0.3, -0.25) is 9.59 Å². The number of halogens is 2. The van der Waals surface area contributed by atoms with Gasteiger partial charge in [0.15, 0.2) is 6.61 Å². The van der Waals surface area contributed by atoms with E-state index in [1.807, 2.05) is 48.5 Å². The summed E-state index contributed by atoms with van der Waals surface area (Å²) in [5.41, 5.74) is 3.27. The molecule has 1 atom stereocenters. The Hall–Kier alpha value is -2.96. The molecule has 1 amide bonds. The Labute approximate surface area is 193 Å². The van der Waals surface area contributed by atoms with Crippen LogP contribution in [-0.2, 0) is 4.79 Å². The van der Waals surface area contributed by atoms with Gasteiger partial charge in [-0.05, 0) is 59.7 Å². The molecule has 0 bridgehead atoms. The highest BCUT2D eigenvalue weighted by Gasteiger charge is 2.33. The average Bonchev–Trinajstić information content (AvgIpc) is 3.24. The first kappa shape index (κ1) is 21.3. The third-order valence-corrected chi connectivity index (χ3v) is 5.70. The summed E-state index contributed by atoms with van der Waals surface area (Å²) >= 11 is 9.53. The molecular formula is C24H18BrClN2O3. The Morgan fingerprint density at radius 2 is 1.87 bits per heavy atom. The quantitative estimate of drug-likeness (QED) is 0.412. The molecule has 5 nitrogen and oxygen atoms in total. The van der Waals surface area contributed by atoms with Crippen molar-refractivity contribution in [3.8, 4) is 5.75 Å². The first-order valence-corrected chi connectivity index (χ1v) is 10.8. The van der Waals surface area contributed by atoms with Gasteiger partial charge in [0.25, 0.3) is 5.91 Å². The van der Waals surface area contributed by atoms with Crippen LogP contribution in [0.25, 0.3) is 0 Å². The van der Waals surface area contributed by atoms with Crippen molar-refractivity contribution in [2.75, 3.05) is 6.61 Å². The number of carbonyl (C=O) groups excluding carboxylic acids is 2. The molecule has 0 N–H and O–H groups in total. The summed E-state index contributed by atoms with van der Waals surface area (Å²) in [4.78, 5) is 23.8. The SMILES string of the molecule is O=Cc1ccc(OCC(=O)N2N=C(c3cccc(Br)c3)CC2c2ccc(Cl)cc2)cc1. The van der Waals surface area contributed by atoms with E-state index >= 15 is 0 Å². The van der Waals surface area contributed by atoms with Gasteiger partial charge < -0.3 is 4.74 Å². The molecule has 156 valence electrons. The molecule has 7 heteroatoms. The van der Waals surface area contributed by atoms with E-state index in [1.54, 1.807) is 24.3 Å². The topological polar surface area (TPSA) is 59.0 Å². The molecular weight excluding hydrogens is 480 g/mol. The van der Waals surface area contributed by atoms with Gasteiger partial charge in [-0.25, -0.2) is 5.01 Å². The van der Waals surface area contributed by atoms with Crippen molar-refractivity contribution in [1.29, 1.82) is 0 Å². The fraction of sp³-hybridized carbons (Fsp3) is 0.125. The molecule has 1 heterocycles. The van der Waals surface area contributed by atoms with E-state index in [0.717, 1.165) is 27.6 Å². The van der Waals surface area contributed by atoms with Crippen LogP contribution in [0.15, 0.2) is 82.4 Å². The van der Waals surface area contributed by atoms with Crippen molar-refractivity contribution in [2.45, 2.75) is 12.5 Å². The van der Waals surface area contributed by atoms with E-state index in [0.29, 0.717) is 22.8 Å². The molecule has 0 saturated heterocycles. The summed E-state index contributed by atoms with van der Waals surface area (Å²) in [5.74, 6) is 0.252. The van der Waals surface area contributed by atoms with Crippen molar-refractivity contribution < 1.29 is 14.3 Å². The van der Waals surface area contributed by atoms with E-state index in [4.69, 9.17) is 16.3 Å². The monoisotopic (exact) mass is 496 g/mol. The summed E-state index contributed by atoms with van der Waals surface area (Å²) < 4.78 is 6.58. The second kappa shape index (κ2) is 9.45. The zero-order valence-corrected chi connectivity index (χ0v) is 18.7. The molecule has 3 aromatic carbocycles. The van der Waals surface area contributed by atoms with Crippen LogP contribution >= 0.6 is 27.5 Å². The summed E-state index contributed by atoms with van der Waals surface area (Å²) in [7, 11) is 0. The molecule has 1 unspecified atom stereocenters. The van der Waals surface area contributed by atoms with Gasteiger partial charge in [-0.2, -0.15) is 5.10 Å². The molecule has 4 rings (SSSR count). The van der Waals surface area contributed by atoms with Crippen molar-refractivity contribution >= 4 is 45.4 Å². The molecule has 3 aromatic rings. The first-order chi connectivity index (χ1) is 15.0. The number of amides is 1. The Kier molecular flexibility index (Phi) is 6.49. The van der Waals surface area contributed by atoms with Crippen LogP contribution in [0, 0.1) is 0 Å². The Balaban J connectivity index is 1.57. The van der Waals surface area contributed by atoms with Crippen LogP contribution in [0.3, 0.4) is 0 Å². The largest absolute Gasteiger partial charge is 0.484 e. The Bertz CT molecular complexity index is 1130. The minimum Gasteiger partial charge on any atom is -0.484 e. The molecule has 1 aliphatic rings. The van der Waals surface area contributed by atoms with Gasteiger partial charge in [-0.15, -0.1) is 0 Å². The van der Waals surface area contributed by atoms with Crippen LogP contribution in [0.4, 0.5) is 0 Å². The van der Waals surface area contributed by atoms with Gasteiger partial charge in [0.1, 0.15) is 12.0 Å². The Morgan fingerprint density at radius 1 is 1.13 bits per heavy atom. The predicted molar refractivity (Wildman–Crippen MR) is 124 cm³/mol. The van der Waals surface area contributed by atoms with Gasteiger partial charge in [0.05, 0.1) is 11.8 Å². The molecule has 0 spiro atoms. The van der Waals surface area contributed by atoms with E-state index in [1.165, 1.54) is 5.01 Å². The molecule has 0 aromatic heterocycles. The summed E-state index contributed by atoms with van der Waals surface area (Å²) in [5, 5.41) is 6.76. The fourth-order valence-electron chi connectivity index (χ4n) is 3.38. The third-order valence-electron chi connectivity index (χ3n) is 4.96. The lowest BCUT2D eigenvalue weighted by atomic mass is 9.98. The molecule has 31 heavy (non-hydrogen) atoms. The van der Waals surface area contributed by atoms with E-state index in [9.17, 15) is 9.59 Å². The highest BCUT2D eigenvalue weighted by Crippen LogP contribution is 2.34. The maximum Gasteiger partial charge on any atom is 0.281 e. The van der Waals surface area contributed by atoms with Crippen LogP contribution < -0.4 is 4.74 Å². The number of ether oxygens (including phenoxy) is 1. The molecule has 0 saturated carbocycles. The number of carbonyl (C=O) groups is 2. The number of hydrogen-bond acceptors (Lipinski definition) is 4. The molecule has 1 aliphatic heterocycles. The van der Waals surface area contributed by atoms with Crippen molar-refractivity contribution in [3.05, 3.63) is 99.0 Å². The highest BCUT2D eigenvalue weighted by atomic mass is 79.9. The zero-order valence-electron chi connectivity index (χ0n) is 16.4. The van der Waals surface area contributed by atoms with Crippen molar-refractivity contribution in [2.24, 2.45) is 5.10 Å². The molecule has 0 radical (unpaired) electrons. The lowest BCUT2D eigenvalue weighted by Gasteiger charge is -2.22. The number of hydrogen-bond donors (Lipinski definition) is 0. The number of hydrazone groups is 1. The van der Waals surface area contributed by atoms with Crippen LogP contribution in [0.2, 0.25) is 5.02 Å². The average molecular weight is 498 g/mol. The summed E-state index contributed by atoms with van der Waals surface area (Å²) in [6, 6.07) is 21.6. The lowest BCUT2D eigenvalue weighted by molar-refractivity contribution is -0.135. The van der Waals surface area contributed by atoms with E-state index in [2.05, 4.69) is 21.0 Å². The number of rotatable bonds is 6. The van der Waals surface area contributed by atoms with Crippen LogP contribution in [-0.4, -0.2) is 29.5 Å². The van der Waals surface area contributed by atoms with Gasteiger partial charge in [-0.1, -0.05) is 51.8 Å². The number of nitrogens with zero attached hydrogens (tertiary/aromatic N) is 2. The van der Waals surface area contributed by atoms with E-state index < -0.39 is 0 Å². The van der Waals surface area contributed by atoms with Crippen LogP contribution in [0.1, 0.15) is 33.9 Å². The van der Waals surface area contributed by atoms with Crippen molar-refractivity contribution in [1.82, 2.24) is 5.01 Å². The second-order valence-electron chi connectivity index (χ2n) is 7.04. The van der Waals surface area contributed by atoms with Gasteiger partial charge >= 0.3 is 0 Å². The number of benzene rings is 3. The smallest absolute Gasteiger partial charge is 0.281 e. The first-order valence-electron chi connectivity index (χ1n) is 9.62. The lowest BCUT2D eigenvalue weighted by Crippen LogP contribution is -2.31. The minimum atomic E-state index is -0.260. The molecule has 0 fully saturated rings. The van der Waals surface area contributed by atoms with Crippen LogP contribution in [0.5, 0.6) is 5.75 Å². The third kappa shape index (κ3) is 5.03. The molecule has 0 aliphatic carbocycles. The predicted octanol–water partition coefficient (Wildman–Crippen LogP) is 5.67. The fourth-order valence-corrected chi connectivity index (χ4v) is 3.91. The van der Waals surface area contributed by atoms with E-state index in [-0.39, 0.29) is 18.6 Å². The highest BCUT2D eigenvalue weighted by molar-refractivity contribution is 9.10. The minimum absolute atomic E-state index is 0.167. The van der Waals surface area contributed by atoms with Gasteiger partial charge in [0.2, 0.25) is 0 Å². The summed E-state index contributed by atoms with van der Waals surface area (Å²) in [6.07, 6.45) is 1.34. The maximum absolute atomic E-state index is 13.0.